The summed E-state index contributed by atoms with van der Waals surface area (Å²) in [5.41, 5.74) is 1.90. The van der Waals surface area contributed by atoms with Crippen LogP contribution in [0, 0.1) is 5.92 Å². The first kappa shape index (κ1) is 20.8. The van der Waals surface area contributed by atoms with E-state index in [9.17, 15) is 9.59 Å². The van der Waals surface area contributed by atoms with Gasteiger partial charge >= 0.3 is 0 Å². The fourth-order valence-corrected chi connectivity index (χ4v) is 4.04. The van der Waals surface area contributed by atoms with Gasteiger partial charge in [0.15, 0.2) is 0 Å². The molecule has 2 amide bonds. The molecule has 154 valence electrons. The van der Waals surface area contributed by atoms with Gasteiger partial charge in [-0.2, -0.15) is 0 Å². The third-order valence-electron chi connectivity index (χ3n) is 5.53. The molecule has 2 saturated heterocycles. The van der Waals surface area contributed by atoms with E-state index < -0.39 is 0 Å². The Morgan fingerprint density at radius 2 is 1.86 bits per heavy atom. The lowest BCUT2D eigenvalue weighted by atomic mass is 10.0. The summed E-state index contributed by atoms with van der Waals surface area (Å²) in [5.74, 6) is 0.822. The van der Waals surface area contributed by atoms with Crippen molar-refractivity contribution in [2.45, 2.75) is 45.6 Å². The van der Waals surface area contributed by atoms with E-state index in [4.69, 9.17) is 4.74 Å². The molecule has 1 aromatic carbocycles. The number of benzene rings is 1. The van der Waals surface area contributed by atoms with Gasteiger partial charge in [-0.1, -0.05) is 26.0 Å². The number of rotatable bonds is 8. The van der Waals surface area contributed by atoms with Gasteiger partial charge in [0, 0.05) is 44.3 Å². The van der Waals surface area contributed by atoms with Crippen LogP contribution in [-0.2, 0) is 20.7 Å². The van der Waals surface area contributed by atoms with Crippen molar-refractivity contribution in [1.29, 1.82) is 0 Å². The van der Waals surface area contributed by atoms with Crippen LogP contribution in [0.1, 0.15) is 38.7 Å². The van der Waals surface area contributed by atoms with Crippen LogP contribution in [0.15, 0.2) is 24.3 Å². The molecule has 6 heteroatoms. The molecule has 0 bridgehead atoms. The summed E-state index contributed by atoms with van der Waals surface area (Å²) in [6.45, 7) is 9.33. The molecule has 2 aliphatic rings. The number of ether oxygens (including phenoxy) is 1. The number of amides is 2. The van der Waals surface area contributed by atoms with Crippen LogP contribution < -0.4 is 10.2 Å². The Bertz CT molecular complexity index is 653. The molecule has 2 heterocycles. The molecule has 2 aliphatic heterocycles. The summed E-state index contributed by atoms with van der Waals surface area (Å²) in [6.07, 6.45) is 2.99. The average Bonchev–Trinajstić information content (AvgIpc) is 3.12. The number of nitrogens with zero attached hydrogens (tertiary/aromatic N) is 2. The number of carbonyl (C=O) groups is 2. The van der Waals surface area contributed by atoms with Gasteiger partial charge < -0.3 is 15.0 Å². The zero-order valence-corrected chi connectivity index (χ0v) is 17.2. The number of anilines is 1. The van der Waals surface area contributed by atoms with E-state index in [1.165, 1.54) is 0 Å². The van der Waals surface area contributed by atoms with Crippen LogP contribution in [0.3, 0.4) is 0 Å². The minimum Gasteiger partial charge on any atom is -0.379 e. The Morgan fingerprint density at radius 1 is 1.14 bits per heavy atom. The number of nitrogens with one attached hydrogen (secondary N) is 1. The third kappa shape index (κ3) is 5.79. The highest BCUT2D eigenvalue weighted by atomic mass is 16.5. The second kappa shape index (κ2) is 10.0. The molecular weight excluding hydrogens is 354 g/mol. The van der Waals surface area contributed by atoms with Crippen LogP contribution in [0.5, 0.6) is 0 Å². The first-order valence-electron chi connectivity index (χ1n) is 10.5. The smallest absolute Gasteiger partial charge is 0.227 e. The highest BCUT2D eigenvalue weighted by molar-refractivity contribution is 5.95. The molecule has 3 rings (SSSR count). The number of carbonyl (C=O) groups excluding carboxylic acids is 2. The summed E-state index contributed by atoms with van der Waals surface area (Å²) in [6, 6.07) is 8.15. The Hall–Kier alpha value is -1.92. The Kier molecular flexibility index (Phi) is 7.45. The fourth-order valence-electron chi connectivity index (χ4n) is 4.04. The van der Waals surface area contributed by atoms with Crippen LogP contribution in [0.4, 0.5) is 5.69 Å². The second-order valence-corrected chi connectivity index (χ2v) is 8.23. The first-order valence-corrected chi connectivity index (χ1v) is 10.5. The first-order chi connectivity index (χ1) is 13.5. The maximum Gasteiger partial charge on any atom is 0.227 e. The zero-order chi connectivity index (χ0) is 19.9. The van der Waals surface area contributed by atoms with Crippen LogP contribution in [0.2, 0.25) is 0 Å². The molecule has 0 aliphatic carbocycles. The number of morpholine rings is 1. The van der Waals surface area contributed by atoms with Gasteiger partial charge in [0.2, 0.25) is 11.8 Å². The van der Waals surface area contributed by atoms with Gasteiger partial charge in [-0.05, 0) is 36.5 Å². The van der Waals surface area contributed by atoms with Crippen LogP contribution >= 0.6 is 0 Å². The molecule has 0 radical (unpaired) electrons. The maximum atomic E-state index is 12.5. The van der Waals surface area contributed by atoms with Crippen molar-refractivity contribution in [3.05, 3.63) is 29.8 Å². The van der Waals surface area contributed by atoms with Crippen molar-refractivity contribution in [3.8, 4) is 0 Å². The Labute approximate surface area is 168 Å². The molecule has 1 atom stereocenters. The maximum absolute atomic E-state index is 12.5. The van der Waals surface area contributed by atoms with E-state index in [2.05, 4.69) is 24.1 Å². The van der Waals surface area contributed by atoms with Gasteiger partial charge in [0.1, 0.15) is 0 Å². The third-order valence-corrected chi connectivity index (χ3v) is 5.53. The van der Waals surface area contributed by atoms with E-state index in [1.54, 1.807) is 0 Å². The fraction of sp³-hybridized carbons (Fsp3) is 0.636. The van der Waals surface area contributed by atoms with Gasteiger partial charge in [-0.25, -0.2) is 0 Å². The molecule has 0 saturated carbocycles. The minimum atomic E-state index is 0.0482. The van der Waals surface area contributed by atoms with Crippen LogP contribution in [0.25, 0.3) is 0 Å². The van der Waals surface area contributed by atoms with Gasteiger partial charge in [-0.15, -0.1) is 0 Å². The lowest BCUT2D eigenvalue weighted by Crippen LogP contribution is -2.49. The van der Waals surface area contributed by atoms with Gasteiger partial charge in [0.05, 0.1) is 19.6 Å². The van der Waals surface area contributed by atoms with E-state index in [0.717, 1.165) is 56.9 Å². The SMILES string of the molecule is CC(C)CC(CNC(=O)Cc1ccc(N2CCCC2=O)cc1)N1CCOCC1. The topological polar surface area (TPSA) is 61.9 Å². The Balaban J connectivity index is 1.50. The average molecular weight is 388 g/mol. The van der Waals surface area contributed by atoms with Crippen LogP contribution in [-0.4, -0.2) is 62.1 Å². The van der Waals surface area contributed by atoms with Crippen molar-refractivity contribution in [2.24, 2.45) is 5.92 Å². The summed E-state index contributed by atoms with van der Waals surface area (Å²) < 4.78 is 5.46. The van der Waals surface area contributed by atoms with Crippen molar-refractivity contribution >= 4 is 17.5 Å². The molecule has 1 aromatic rings. The van der Waals surface area contributed by atoms with Gasteiger partial charge in [0.25, 0.3) is 0 Å². The van der Waals surface area contributed by atoms with E-state index in [-0.39, 0.29) is 11.8 Å². The largest absolute Gasteiger partial charge is 0.379 e. The molecule has 0 spiro atoms. The molecular formula is C22H33N3O3. The van der Waals surface area contributed by atoms with Crippen molar-refractivity contribution in [3.63, 3.8) is 0 Å². The van der Waals surface area contributed by atoms with Gasteiger partial charge in [-0.3, -0.25) is 14.5 Å². The monoisotopic (exact) mass is 387 g/mol. The van der Waals surface area contributed by atoms with E-state index >= 15 is 0 Å². The molecule has 2 fully saturated rings. The predicted octanol–water partition coefficient (Wildman–Crippen LogP) is 2.22. The summed E-state index contributed by atoms with van der Waals surface area (Å²) in [4.78, 5) is 28.6. The minimum absolute atomic E-state index is 0.0482. The molecule has 1 unspecified atom stereocenters. The molecule has 28 heavy (non-hydrogen) atoms. The van der Waals surface area contributed by atoms with Crippen molar-refractivity contribution < 1.29 is 14.3 Å². The molecule has 0 aromatic heterocycles. The van der Waals surface area contributed by atoms with E-state index in [1.807, 2.05) is 29.2 Å². The highest BCUT2D eigenvalue weighted by Crippen LogP contribution is 2.21. The zero-order valence-electron chi connectivity index (χ0n) is 17.2. The highest BCUT2D eigenvalue weighted by Gasteiger charge is 2.23. The summed E-state index contributed by atoms with van der Waals surface area (Å²) in [7, 11) is 0. The standard InChI is InChI=1S/C22H33N3O3/c1-17(2)14-20(24-10-12-28-13-11-24)16-23-21(26)15-18-5-7-19(8-6-18)25-9-3-4-22(25)27/h5-8,17,20H,3-4,9-16H2,1-2H3,(H,23,26). The summed E-state index contributed by atoms with van der Waals surface area (Å²) >= 11 is 0. The second-order valence-electron chi connectivity index (χ2n) is 8.23. The van der Waals surface area contributed by atoms with Crippen molar-refractivity contribution in [1.82, 2.24) is 10.2 Å². The normalized spacial score (nSPS) is 19.2. The Morgan fingerprint density at radius 3 is 2.46 bits per heavy atom. The predicted molar refractivity (Wildman–Crippen MR) is 110 cm³/mol. The van der Waals surface area contributed by atoms with Crippen molar-refractivity contribution in [2.75, 3.05) is 44.3 Å². The molecule has 1 N–H and O–H groups in total. The van der Waals surface area contributed by atoms with E-state index in [0.29, 0.717) is 31.3 Å². The quantitative estimate of drug-likeness (QED) is 0.743. The molecule has 6 nitrogen and oxygen atoms in total. The lowest BCUT2D eigenvalue weighted by Gasteiger charge is -2.35. The number of hydrogen-bond donors (Lipinski definition) is 1. The number of hydrogen-bond acceptors (Lipinski definition) is 4. The lowest BCUT2D eigenvalue weighted by molar-refractivity contribution is -0.121. The summed E-state index contributed by atoms with van der Waals surface area (Å²) in [5, 5.41) is 3.12.